The molecule has 1 atom stereocenters. The molecule has 0 aliphatic carbocycles. The number of hydrogen-bond donors (Lipinski definition) is 2. The van der Waals surface area contributed by atoms with E-state index in [-0.39, 0.29) is 10.7 Å². The van der Waals surface area contributed by atoms with Crippen LogP contribution in [0.2, 0.25) is 5.02 Å². The van der Waals surface area contributed by atoms with Gasteiger partial charge in [0.05, 0.1) is 5.69 Å². The Morgan fingerprint density at radius 1 is 1.20 bits per heavy atom. The van der Waals surface area contributed by atoms with E-state index in [0.717, 1.165) is 15.4 Å². The second kappa shape index (κ2) is 9.17. The molecule has 1 fully saturated rings. The monoisotopic (exact) mass is 502 g/mol. The molecule has 0 spiro atoms. The SMILES string of the molecule is N#C/C(=C/[C@@H]1C(=O)NC(=S)N(c2ccc(Cl)cc2)C1=O)C(=O)Nc1ccc(Br)cc1. The predicted molar refractivity (Wildman–Crippen MR) is 120 cm³/mol. The molecule has 2 aromatic carbocycles. The highest BCUT2D eigenvalue weighted by molar-refractivity contribution is 9.10. The number of nitrogens with one attached hydrogen (secondary N) is 2. The van der Waals surface area contributed by atoms with Crippen LogP contribution in [0.4, 0.5) is 11.4 Å². The van der Waals surface area contributed by atoms with Gasteiger partial charge in [-0.3, -0.25) is 19.3 Å². The van der Waals surface area contributed by atoms with Crippen LogP contribution in [0.5, 0.6) is 0 Å². The summed E-state index contributed by atoms with van der Waals surface area (Å²) in [5, 5.41) is 14.7. The number of hydrogen-bond acceptors (Lipinski definition) is 5. The smallest absolute Gasteiger partial charge is 0.266 e. The molecule has 1 aliphatic rings. The lowest BCUT2D eigenvalue weighted by atomic mass is 10.0. The Morgan fingerprint density at radius 2 is 1.83 bits per heavy atom. The van der Waals surface area contributed by atoms with Gasteiger partial charge in [0, 0.05) is 15.2 Å². The molecule has 2 N–H and O–H groups in total. The lowest BCUT2D eigenvalue weighted by Crippen LogP contribution is -2.57. The van der Waals surface area contributed by atoms with Gasteiger partial charge in [0.1, 0.15) is 17.6 Å². The Balaban J connectivity index is 1.87. The molecule has 0 radical (unpaired) electrons. The van der Waals surface area contributed by atoms with Crippen molar-refractivity contribution in [2.45, 2.75) is 0 Å². The first kappa shape index (κ1) is 21.6. The maximum atomic E-state index is 13.0. The minimum absolute atomic E-state index is 0.102. The molecule has 3 amide bonds. The van der Waals surface area contributed by atoms with Crippen molar-refractivity contribution in [2.75, 3.05) is 10.2 Å². The maximum absolute atomic E-state index is 13.0. The summed E-state index contributed by atoms with van der Waals surface area (Å²) in [5.41, 5.74) is 0.466. The summed E-state index contributed by atoms with van der Waals surface area (Å²) in [4.78, 5) is 38.9. The van der Waals surface area contributed by atoms with Crippen LogP contribution in [0.3, 0.4) is 0 Å². The summed E-state index contributed by atoms with van der Waals surface area (Å²) in [7, 11) is 0. The molecule has 0 saturated carbocycles. The van der Waals surface area contributed by atoms with Crippen molar-refractivity contribution in [1.82, 2.24) is 5.32 Å². The predicted octanol–water partition coefficient (Wildman–Crippen LogP) is 3.56. The van der Waals surface area contributed by atoms with Gasteiger partial charge in [-0.15, -0.1) is 0 Å². The molecular formula is C20H12BrClN4O3S. The highest BCUT2D eigenvalue weighted by Crippen LogP contribution is 2.24. The third kappa shape index (κ3) is 4.74. The minimum Gasteiger partial charge on any atom is -0.321 e. The van der Waals surface area contributed by atoms with Crippen LogP contribution in [-0.2, 0) is 14.4 Å². The standard InChI is InChI=1S/C20H12BrClN4O3S/c21-12-1-5-14(6-2-12)24-17(27)11(10-23)9-16-18(28)25-20(30)26(19(16)29)15-7-3-13(22)4-8-15/h1-9,16H,(H,24,27)(H,25,28,30)/b11-9-/t16-/m1/s1. The summed E-state index contributed by atoms with van der Waals surface area (Å²) in [6, 6.07) is 14.7. The van der Waals surface area contributed by atoms with E-state index in [4.69, 9.17) is 23.8 Å². The van der Waals surface area contributed by atoms with E-state index in [0.29, 0.717) is 16.4 Å². The molecule has 1 aliphatic heterocycles. The summed E-state index contributed by atoms with van der Waals surface area (Å²) < 4.78 is 0.819. The van der Waals surface area contributed by atoms with Crippen LogP contribution in [-0.4, -0.2) is 22.8 Å². The average molecular weight is 504 g/mol. The summed E-state index contributed by atoms with van der Waals surface area (Å²) in [5.74, 6) is -3.56. The zero-order valence-corrected chi connectivity index (χ0v) is 18.2. The number of rotatable bonds is 4. The molecule has 30 heavy (non-hydrogen) atoms. The first-order chi connectivity index (χ1) is 14.3. The minimum atomic E-state index is -1.40. The van der Waals surface area contributed by atoms with Crippen LogP contribution < -0.4 is 15.5 Å². The Kier molecular flexibility index (Phi) is 6.62. The highest BCUT2D eigenvalue weighted by atomic mass is 79.9. The first-order valence-electron chi connectivity index (χ1n) is 8.43. The number of benzene rings is 2. The molecule has 3 rings (SSSR count). The fourth-order valence-electron chi connectivity index (χ4n) is 2.63. The van der Waals surface area contributed by atoms with Gasteiger partial charge in [-0.25, -0.2) is 0 Å². The van der Waals surface area contributed by atoms with E-state index < -0.39 is 23.6 Å². The van der Waals surface area contributed by atoms with Gasteiger partial charge in [-0.05, 0) is 66.8 Å². The summed E-state index contributed by atoms with van der Waals surface area (Å²) in [6.07, 6.45) is 1.02. The number of thiocarbonyl (C=S) groups is 1. The van der Waals surface area contributed by atoms with Crippen LogP contribution in [0, 0.1) is 17.2 Å². The van der Waals surface area contributed by atoms with E-state index in [2.05, 4.69) is 26.6 Å². The quantitative estimate of drug-likeness (QED) is 0.287. The number of carbonyl (C=O) groups is 3. The number of carbonyl (C=O) groups excluding carboxylic acids is 3. The van der Waals surface area contributed by atoms with Crippen LogP contribution in [0.25, 0.3) is 0 Å². The summed E-state index contributed by atoms with van der Waals surface area (Å²) >= 11 is 14.3. The molecule has 150 valence electrons. The highest BCUT2D eigenvalue weighted by Gasteiger charge is 2.38. The van der Waals surface area contributed by atoms with Gasteiger partial charge in [-0.2, -0.15) is 5.26 Å². The Bertz CT molecular complexity index is 1110. The fourth-order valence-corrected chi connectivity index (χ4v) is 3.32. The van der Waals surface area contributed by atoms with E-state index in [1.807, 2.05) is 0 Å². The Hall–Kier alpha value is -3.06. The van der Waals surface area contributed by atoms with Crippen molar-refractivity contribution in [3.63, 3.8) is 0 Å². The van der Waals surface area contributed by atoms with E-state index in [9.17, 15) is 19.6 Å². The van der Waals surface area contributed by atoms with Crippen molar-refractivity contribution >= 4 is 74.0 Å². The normalized spacial score (nSPS) is 16.7. The molecule has 10 heteroatoms. The zero-order valence-electron chi connectivity index (χ0n) is 15.1. The van der Waals surface area contributed by atoms with E-state index in [1.54, 1.807) is 54.6 Å². The topological polar surface area (TPSA) is 102 Å². The van der Waals surface area contributed by atoms with Crippen molar-refractivity contribution in [3.05, 3.63) is 69.7 Å². The first-order valence-corrected chi connectivity index (χ1v) is 10.0. The number of amides is 3. The molecule has 1 saturated heterocycles. The molecule has 1 heterocycles. The number of halogens is 2. The van der Waals surface area contributed by atoms with E-state index >= 15 is 0 Å². The average Bonchev–Trinajstić information content (AvgIpc) is 2.71. The lowest BCUT2D eigenvalue weighted by Gasteiger charge is -2.31. The maximum Gasteiger partial charge on any atom is 0.266 e. The largest absolute Gasteiger partial charge is 0.321 e. The molecular weight excluding hydrogens is 492 g/mol. The van der Waals surface area contributed by atoms with Gasteiger partial charge in [-0.1, -0.05) is 27.5 Å². The van der Waals surface area contributed by atoms with Crippen molar-refractivity contribution in [1.29, 1.82) is 5.26 Å². The molecule has 2 aromatic rings. The van der Waals surface area contributed by atoms with Crippen molar-refractivity contribution in [3.8, 4) is 6.07 Å². The second-order valence-electron chi connectivity index (χ2n) is 6.08. The molecule has 7 nitrogen and oxygen atoms in total. The van der Waals surface area contributed by atoms with Gasteiger partial charge in [0.2, 0.25) is 11.8 Å². The molecule has 0 bridgehead atoms. The number of anilines is 2. The molecule has 0 aromatic heterocycles. The van der Waals surface area contributed by atoms with Crippen molar-refractivity contribution in [2.24, 2.45) is 5.92 Å². The Labute approximate surface area is 190 Å². The van der Waals surface area contributed by atoms with Crippen LogP contribution in [0.1, 0.15) is 0 Å². The molecule has 0 unspecified atom stereocenters. The number of nitrogens with zero attached hydrogens (tertiary/aromatic N) is 2. The van der Waals surface area contributed by atoms with E-state index in [1.165, 1.54) is 0 Å². The number of nitriles is 1. The van der Waals surface area contributed by atoms with Crippen LogP contribution >= 0.6 is 39.7 Å². The van der Waals surface area contributed by atoms with Gasteiger partial charge >= 0.3 is 0 Å². The fraction of sp³-hybridized carbons (Fsp3) is 0.0500. The van der Waals surface area contributed by atoms with Crippen LogP contribution in [0.15, 0.2) is 64.7 Å². The zero-order chi connectivity index (χ0) is 21.8. The second-order valence-corrected chi connectivity index (χ2v) is 7.81. The van der Waals surface area contributed by atoms with Gasteiger partial charge in [0.15, 0.2) is 5.11 Å². The summed E-state index contributed by atoms with van der Waals surface area (Å²) in [6.45, 7) is 0. The third-order valence-electron chi connectivity index (χ3n) is 4.09. The van der Waals surface area contributed by atoms with Gasteiger partial charge in [0.25, 0.3) is 5.91 Å². The third-order valence-corrected chi connectivity index (χ3v) is 5.15. The van der Waals surface area contributed by atoms with Gasteiger partial charge < -0.3 is 10.6 Å². The van der Waals surface area contributed by atoms with Crippen molar-refractivity contribution < 1.29 is 14.4 Å². The Morgan fingerprint density at radius 3 is 2.43 bits per heavy atom. The lowest BCUT2D eigenvalue weighted by molar-refractivity contribution is -0.131.